The third-order valence-electron chi connectivity index (χ3n) is 5.87. The van der Waals surface area contributed by atoms with E-state index in [9.17, 15) is 9.59 Å². The number of aryl methyl sites for hydroxylation is 1. The molecule has 2 aromatic rings. The van der Waals surface area contributed by atoms with E-state index < -0.39 is 0 Å². The third kappa shape index (κ3) is 5.25. The highest BCUT2D eigenvalue weighted by molar-refractivity contribution is 6.36. The van der Waals surface area contributed by atoms with E-state index in [1.54, 1.807) is 0 Å². The Balaban J connectivity index is 1.91. The average Bonchev–Trinajstić information content (AvgIpc) is 3.03. The van der Waals surface area contributed by atoms with Gasteiger partial charge in [-0.3, -0.25) is 14.5 Å². The molecule has 0 fully saturated rings. The first-order valence-electron chi connectivity index (χ1n) is 11.6. The second kappa shape index (κ2) is 10.9. The zero-order chi connectivity index (χ0) is 22.2. The lowest BCUT2D eigenvalue weighted by molar-refractivity contribution is -0.137. The number of hydrogen-bond donors (Lipinski definition) is 0. The van der Waals surface area contributed by atoms with E-state index in [2.05, 4.69) is 6.92 Å². The van der Waals surface area contributed by atoms with Gasteiger partial charge in [0, 0.05) is 18.8 Å². The zero-order valence-corrected chi connectivity index (χ0v) is 19.1. The maximum absolute atomic E-state index is 13.5. The van der Waals surface area contributed by atoms with E-state index in [0.29, 0.717) is 24.4 Å². The van der Waals surface area contributed by atoms with Gasteiger partial charge in [-0.2, -0.15) is 0 Å². The molecule has 1 aliphatic rings. The molecule has 3 rings (SSSR count). The van der Waals surface area contributed by atoms with Crippen molar-refractivity contribution in [2.24, 2.45) is 0 Å². The summed E-state index contributed by atoms with van der Waals surface area (Å²) in [5.74, 6) is -0.355. The van der Waals surface area contributed by atoms with Crippen molar-refractivity contribution in [3.63, 3.8) is 0 Å². The fourth-order valence-corrected chi connectivity index (χ4v) is 4.13. The summed E-state index contributed by atoms with van der Waals surface area (Å²) in [7, 11) is 0. The minimum atomic E-state index is -0.181. The van der Waals surface area contributed by atoms with E-state index in [0.717, 1.165) is 36.1 Å². The van der Waals surface area contributed by atoms with Crippen molar-refractivity contribution in [1.29, 1.82) is 0 Å². The summed E-state index contributed by atoms with van der Waals surface area (Å²) >= 11 is 0. The van der Waals surface area contributed by atoms with E-state index in [4.69, 9.17) is 0 Å². The number of unbranched alkanes of at least 4 members (excludes halogenated alkanes) is 5. The van der Waals surface area contributed by atoms with Crippen LogP contribution in [0.15, 0.2) is 60.3 Å². The molecule has 0 bridgehead atoms. The Labute approximate surface area is 186 Å². The number of amides is 2. The molecule has 0 aromatic heterocycles. The molecule has 4 nitrogen and oxygen atoms in total. The molecule has 4 heteroatoms. The van der Waals surface area contributed by atoms with Gasteiger partial charge in [-0.15, -0.1) is 0 Å². The van der Waals surface area contributed by atoms with Crippen molar-refractivity contribution in [2.45, 2.75) is 59.3 Å². The number of imide groups is 1. The highest BCUT2D eigenvalue weighted by Crippen LogP contribution is 2.34. The number of carbonyl (C=O) groups excluding carboxylic acids is 2. The fourth-order valence-electron chi connectivity index (χ4n) is 4.13. The van der Waals surface area contributed by atoms with Crippen LogP contribution in [0.25, 0.3) is 5.57 Å². The van der Waals surface area contributed by atoms with Crippen LogP contribution < -0.4 is 4.90 Å². The van der Waals surface area contributed by atoms with Gasteiger partial charge in [0.15, 0.2) is 0 Å². The molecule has 1 aliphatic heterocycles. The van der Waals surface area contributed by atoms with Gasteiger partial charge in [0.05, 0.1) is 5.57 Å². The summed E-state index contributed by atoms with van der Waals surface area (Å²) in [6.07, 6.45) is 6.72. The van der Waals surface area contributed by atoms with E-state index in [1.165, 1.54) is 24.2 Å². The number of carbonyl (C=O) groups is 2. The maximum Gasteiger partial charge on any atom is 0.278 e. The quantitative estimate of drug-likeness (QED) is 0.334. The third-order valence-corrected chi connectivity index (χ3v) is 5.87. The molecule has 0 saturated heterocycles. The molecule has 31 heavy (non-hydrogen) atoms. The van der Waals surface area contributed by atoms with Crippen molar-refractivity contribution in [1.82, 2.24) is 4.90 Å². The summed E-state index contributed by atoms with van der Waals surface area (Å²) < 4.78 is 0. The van der Waals surface area contributed by atoms with Crippen LogP contribution in [0.1, 0.15) is 63.5 Å². The largest absolute Gasteiger partial charge is 0.337 e. The molecule has 0 atom stereocenters. The highest BCUT2D eigenvalue weighted by atomic mass is 16.2. The minimum absolute atomic E-state index is 0.174. The predicted octanol–water partition coefficient (Wildman–Crippen LogP) is 5.96. The second-order valence-electron chi connectivity index (χ2n) is 8.20. The van der Waals surface area contributed by atoms with Crippen LogP contribution in [0.3, 0.4) is 0 Å². The zero-order valence-electron chi connectivity index (χ0n) is 19.1. The van der Waals surface area contributed by atoms with Crippen molar-refractivity contribution < 1.29 is 9.59 Å². The number of nitrogens with zero attached hydrogens (tertiary/aromatic N) is 2. The number of para-hydroxylation sites is 1. The molecule has 0 aliphatic carbocycles. The van der Waals surface area contributed by atoms with Crippen LogP contribution in [0.4, 0.5) is 5.69 Å². The molecule has 0 saturated carbocycles. The van der Waals surface area contributed by atoms with Crippen LogP contribution in [0.5, 0.6) is 0 Å². The van der Waals surface area contributed by atoms with Gasteiger partial charge < -0.3 is 4.90 Å². The number of anilines is 1. The standard InChI is InChI=1S/C27H34N2O2/c1-4-6-7-8-9-13-20-29-26(30)24(22-18-16-21(3)17-19-22)25(27(29)31)28(5-2)23-14-11-10-12-15-23/h10-12,14-19H,4-9,13,20H2,1-3H3. The Morgan fingerprint density at radius 3 is 2.06 bits per heavy atom. The molecule has 2 aromatic carbocycles. The topological polar surface area (TPSA) is 40.6 Å². The van der Waals surface area contributed by atoms with E-state index in [1.807, 2.05) is 73.3 Å². The first kappa shape index (κ1) is 22.8. The van der Waals surface area contributed by atoms with Gasteiger partial charge >= 0.3 is 0 Å². The van der Waals surface area contributed by atoms with Gasteiger partial charge in [-0.1, -0.05) is 87.1 Å². The van der Waals surface area contributed by atoms with Crippen molar-refractivity contribution in [2.75, 3.05) is 18.0 Å². The Kier molecular flexibility index (Phi) is 8.05. The molecular weight excluding hydrogens is 384 g/mol. The number of likely N-dealkylation sites (N-methyl/N-ethyl adjacent to an activating group) is 1. The van der Waals surface area contributed by atoms with Crippen LogP contribution in [0.2, 0.25) is 0 Å². The van der Waals surface area contributed by atoms with Crippen molar-refractivity contribution in [3.8, 4) is 0 Å². The summed E-state index contributed by atoms with van der Waals surface area (Å²) in [6.45, 7) is 7.33. The lowest BCUT2D eigenvalue weighted by Crippen LogP contribution is -2.36. The average molecular weight is 419 g/mol. The molecule has 2 amide bonds. The molecule has 0 radical (unpaired) electrons. The number of hydrogen-bond acceptors (Lipinski definition) is 3. The predicted molar refractivity (Wildman–Crippen MR) is 128 cm³/mol. The Bertz CT molecular complexity index is 916. The maximum atomic E-state index is 13.5. The highest BCUT2D eigenvalue weighted by Gasteiger charge is 2.41. The van der Waals surface area contributed by atoms with Crippen molar-refractivity contribution >= 4 is 23.1 Å². The lowest BCUT2D eigenvalue weighted by Gasteiger charge is -2.25. The van der Waals surface area contributed by atoms with E-state index >= 15 is 0 Å². The van der Waals surface area contributed by atoms with Gasteiger partial charge in [-0.05, 0) is 38.0 Å². The minimum Gasteiger partial charge on any atom is -0.337 e. The van der Waals surface area contributed by atoms with Gasteiger partial charge in [0.1, 0.15) is 5.70 Å². The Morgan fingerprint density at radius 2 is 1.42 bits per heavy atom. The fraction of sp³-hybridized carbons (Fsp3) is 0.407. The number of benzene rings is 2. The van der Waals surface area contributed by atoms with Crippen LogP contribution in [-0.2, 0) is 9.59 Å². The van der Waals surface area contributed by atoms with Gasteiger partial charge in [-0.25, -0.2) is 0 Å². The second-order valence-corrected chi connectivity index (χ2v) is 8.20. The summed E-state index contributed by atoms with van der Waals surface area (Å²) in [6, 6.07) is 17.7. The Morgan fingerprint density at radius 1 is 0.774 bits per heavy atom. The molecule has 164 valence electrons. The normalized spacial score (nSPS) is 14.0. The summed E-state index contributed by atoms with van der Waals surface area (Å²) in [5.41, 5.74) is 3.86. The monoisotopic (exact) mass is 418 g/mol. The summed E-state index contributed by atoms with van der Waals surface area (Å²) in [4.78, 5) is 30.4. The Hall–Kier alpha value is -2.88. The van der Waals surface area contributed by atoms with Crippen molar-refractivity contribution in [3.05, 3.63) is 71.4 Å². The number of rotatable bonds is 11. The summed E-state index contributed by atoms with van der Waals surface area (Å²) in [5, 5.41) is 0. The molecule has 0 unspecified atom stereocenters. The van der Waals surface area contributed by atoms with Gasteiger partial charge in [0.2, 0.25) is 0 Å². The molecular formula is C27H34N2O2. The first-order chi connectivity index (χ1) is 15.1. The first-order valence-corrected chi connectivity index (χ1v) is 11.6. The smallest absolute Gasteiger partial charge is 0.278 e. The van der Waals surface area contributed by atoms with Crippen LogP contribution >= 0.6 is 0 Å². The van der Waals surface area contributed by atoms with E-state index in [-0.39, 0.29) is 11.8 Å². The van der Waals surface area contributed by atoms with Crippen LogP contribution in [0, 0.1) is 6.92 Å². The molecule has 0 spiro atoms. The molecule has 0 N–H and O–H groups in total. The van der Waals surface area contributed by atoms with Crippen LogP contribution in [-0.4, -0.2) is 29.8 Å². The van der Waals surface area contributed by atoms with Gasteiger partial charge in [0.25, 0.3) is 11.8 Å². The lowest BCUT2D eigenvalue weighted by atomic mass is 10.0. The SMILES string of the molecule is CCCCCCCCN1C(=O)C(c2ccc(C)cc2)=C(N(CC)c2ccccc2)C1=O. The molecule has 1 heterocycles.